The molecule has 0 aliphatic rings. The van der Waals surface area contributed by atoms with Crippen molar-refractivity contribution in [3.05, 3.63) is 30.1 Å². The second-order valence-corrected chi connectivity index (χ2v) is 10.4. The first kappa shape index (κ1) is 24.9. The van der Waals surface area contributed by atoms with Gasteiger partial charge in [0.25, 0.3) is 0 Å². The summed E-state index contributed by atoms with van der Waals surface area (Å²) in [5.41, 5.74) is 0.867. The first-order valence-corrected chi connectivity index (χ1v) is 11.5. The van der Waals surface area contributed by atoms with Crippen molar-refractivity contribution in [2.24, 2.45) is 17.3 Å². The summed E-state index contributed by atoms with van der Waals surface area (Å²) in [4.78, 5) is 25.5. The van der Waals surface area contributed by atoms with Gasteiger partial charge in [0.2, 0.25) is 16.9 Å². The fourth-order valence-electron chi connectivity index (χ4n) is 3.53. The van der Waals surface area contributed by atoms with Crippen LogP contribution in [0, 0.1) is 23.1 Å². The Bertz CT molecular complexity index is 876. The normalized spacial score (nSPS) is 14.5. The molecule has 0 radical (unpaired) electrons. The van der Waals surface area contributed by atoms with E-state index in [9.17, 15) is 14.0 Å². The Balaban J connectivity index is 2.03. The van der Waals surface area contributed by atoms with Gasteiger partial charge in [-0.3, -0.25) is 14.9 Å². The minimum absolute atomic E-state index is 0.0358. The van der Waals surface area contributed by atoms with E-state index in [2.05, 4.69) is 48.5 Å². The lowest BCUT2D eigenvalue weighted by Gasteiger charge is -2.26. The average molecular weight is 449 g/mol. The summed E-state index contributed by atoms with van der Waals surface area (Å²) in [6.45, 7) is 12.4. The Morgan fingerprint density at radius 3 is 2.35 bits per heavy atom. The van der Waals surface area contributed by atoms with Crippen LogP contribution in [0.3, 0.4) is 0 Å². The summed E-state index contributed by atoms with van der Waals surface area (Å²) in [5, 5.41) is 14.7. The van der Waals surface area contributed by atoms with Crippen LogP contribution in [0.25, 0.3) is 10.6 Å². The van der Waals surface area contributed by atoms with Gasteiger partial charge < -0.3 is 5.32 Å². The summed E-state index contributed by atoms with van der Waals surface area (Å²) < 4.78 is 13.1. The third-order valence-corrected chi connectivity index (χ3v) is 5.94. The van der Waals surface area contributed by atoms with Gasteiger partial charge in [-0.15, -0.1) is 10.2 Å². The van der Waals surface area contributed by atoms with Crippen molar-refractivity contribution >= 4 is 28.3 Å². The zero-order valence-corrected chi connectivity index (χ0v) is 20.0. The fraction of sp³-hybridized carbons (Fsp3) is 0.565. The topological polar surface area (TPSA) is 84.0 Å². The molecule has 1 heterocycles. The highest BCUT2D eigenvalue weighted by molar-refractivity contribution is 7.18. The number of hydrogen-bond donors (Lipinski definition) is 2. The molecule has 1 aromatic heterocycles. The van der Waals surface area contributed by atoms with E-state index in [0.29, 0.717) is 16.6 Å². The van der Waals surface area contributed by atoms with Gasteiger partial charge >= 0.3 is 0 Å². The van der Waals surface area contributed by atoms with Crippen LogP contribution in [-0.2, 0) is 9.59 Å². The minimum Gasteiger partial charge on any atom is -0.344 e. The van der Waals surface area contributed by atoms with Crippen LogP contribution in [0.15, 0.2) is 24.3 Å². The first-order chi connectivity index (χ1) is 14.5. The number of benzene rings is 1. The maximum Gasteiger partial charge on any atom is 0.249 e. The number of halogens is 1. The Morgan fingerprint density at radius 2 is 1.77 bits per heavy atom. The van der Waals surface area contributed by atoms with Gasteiger partial charge in [0.15, 0.2) is 0 Å². The van der Waals surface area contributed by atoms with Crippen molar-refractivity contribution in [3.63, 3.8) is 0 Å². The summed E-state index contributed by atoms with van der Waals surface area (Å²) in [6, 6.07) is 5.27. The molecule has 31 heavy (non-hydrogen) atoms. The molecule has 0 aliphatic heterocycles. The largest absolute Gasteiger partial charge is 0.344 e. The molecule has 170 valence electrons. The van der Waals surface area contributed by atoms with Gasteiger partial charge in [-0.05, 0) is 47.9 Å². The van der Waals surface area contributed by atoms with Crippen LogP contribution in [-0.4, -0.2) is 28.1 Å². The predicted molar refractivity (Wildman–Crippen MR) is 123 cm³/mol. The maximum absolute atomic E-state index is 13.1. The molecule has 1 aromatic carbocycles. The molecule has 0 saturated heterocycles. The Labute approximate surface area is 188 Å². The standard InChI is InChI=1S/C23H33FN4O2S/c1-7-15(3)19(25-18(29)12-14(2)13-23(4,5)6)20(30)26-22-28-27-21(31-22)16-8-10-17(24)11-9-16/h8-11,14-15,19H,7,12-13H2,1-6H3,(H,25,29)(H,26,28,30). The van der Waals surface area contributed by atoms with E-state index in [0.717, 1.165) is 18.4 Å². The molecule has 0 fully saturated rings. The molecule has 8 heteroatoms. The summed E-state index contributed by atoms with van der Waals surface area (Å²) in [5.74, 6) is -0.575. The highest BCUT2D eigenvalue weighted by Gasteiger charge is 2.28. The Morgan fingerprint density at radius 1 is 1.13 bits per heavy atom. The lowest BCUT2D eigenvalue weighted by Crippen LogP contribution is -2.48. The predicted octanol–water partition coefficient (Wildman–Crippen LogP) is 5.28. The van der Waals surface area contributed by atoms with Gasteiger partial charge in [0.1, 0.15) is 16.9 Å². The van der Waals surface area contributed by atoms with Crippen LogP contribution in [0.5, 0.6) is 0 Å². The molecule has 0 bridgehead atoms. The lowest BCUT2D eigenvalue weighted by atomic mass is 9.84. The molecular weight excluding hydrogens is 415 g/mol. The number of aromatic nitrogens is 2. The third kappa shape index (κ3) is 8.01. The number of rotatable bonds is 9. The zero-order valence-electron chi connectivity index (χ0n) is 19.2. The number of carbonyl (C=O) groups is 2. The van der Waals surface area contributed by atoms with Gasteiger partial charge in [-0.1, -0.05) is 59.3 Å². The van der Waals surface area contributed by atoms with Crippen LogP contribution in [0.2, 0.25) is 0 Å². The number of amides is 2. The number of nitrogens with one attached hydrogen (secondary N) is 2. The SMILES string of the molecule is CCC(C)C(NC(=O)CC(C)CC(C)(C)C)C(=O)Nc1nnc(-c2ccc(F)cc2)s1. The molecule has 6 nitrogen and oxygen atoms in total. The first-order valence-electron chi connectivity index (χ1n) is 10.7. The summed E-state index contributed by atoms with van der Waals surface area (Å²) in [7, 11) is 0. The van der Waals surface area contributed by atoms with Gasteiger partial charge in [0.05, 0.1) is 0 Å². The molecule has 3 unspecified atom stereocenters. The zero-order chi connectivity index (χ0) is 23.2. The molecule has 3 atom stereocenters. The maximum atomic E-state index is 13.1. The number of hydrogen-bond acceptors (Lipinski definition) is 5. The summed E-state index contributed by atoms with van der Waals surface area (Å²) in [6.07, 6.45) is 2.05. The van der Waals surface area contributed by atoms with Gasteiger partial charge in [0, 0.05) is 12.0 Å². The third-order valence-electron chi connectivity index (χ3n) is 5.05. The summed E-state index contributed by atoms with van der Waals surface area (Å²) >= 11 is 1.20. The lowest BCUT2D eigenvalue weighted by molar-refractivity contribution is -0.128. The van der Waals surface area contributed by atoms with Crippen molar-refractivity contribution < 1.29 is 14.0 Å². The van der Waals surface area contributed by atoms with Crippen molar-refractivity contribution in [3.8, 4) is 10.6 Å². The number of carbonyl (C=O) groups excluding carboxylic acids is 2. The van der Waals surface area contributed by atoms with E-state index in [1.807, 2.05) is 13.8 Å². The average Bonchev–Trinajstić information content (AvgIpc) is 3.12. The van der Waals surface area contributed by atoms with Crippen LogP contribution >= 0.6 is 11.3 Å². The number of nitrogens with zero attached hydrogens (tertiary/aromatic N) is 2. The smallest absolute Gasteiger partial charge is 0.249 e. The Hall–Kier alpha value is -2.35. The van der Waals surface area contributed by atoms with E-state index in [1.165, 1.54) is 23.5 Å². The molecule has 2 rings (SSSR count). The van der Waals surface area contributed by atoms with Gasteiger partial charge in [-0.2, -0.15) is 0 Å². The Kier molecular flexibility index (Phi) is 8.68. The second-order valence-electron chi connectivity index (χ2n) is 9.41. The quantitative estimate of drug-likeness (QED) is 0.547. The van der Waals surface area contributed by atoms with E-state index in [1.54, 1.807) is 12.1 Å². The van der Waals surface area contributed by atoms with E-state index in [4.69, 9.17) is 0 Å². The second kappa shape index (κ2) is 10.8. The highest BCUT2D eigenvalue weighted by Crippen LogP contribution is 2.27. The van der Waals surface area contributed by atoms with E-state index >= 15 is 0 Å². The van der Waals surface area contributed by atoms with Crippen LogP contribution < -0.4 is 10.6 Å². The number of anilines is 1. The molecule has 0 saturated carbocycles. The van der Waals surface area contributed by atoms with Crippen molar-refractivity contribution in [2.75, 3.05) is 5.32 Å². The van der Waals surface area contributed by atoms with Crippen LogP contribution in [0.1, 0.15) is 60.8 Å². The van der Waals surface area contributed by atoms with Crippen molar-refractivity contribution in [1.29, 1.82) is 0 Å². The molecule has 2 amide bonds. The molecule has 2 N–H and O–H groups in total. The fourth-order valence-corrected chi connectivity index (χ4v) is 4.29. The van der Waals surface area contributed by atoms with E-state index < -0.39 is 6.04 Å². The van der Waals surface area contributed by atoms with Crippen molar-refractivity contribution in [1.82, 2.24) is 15.5 Å². The minimum atomic E-state index is -0.655. The molecule has 0 spiro atoms. The van der Waals surface area contributed by atoms with E-state index in [-0.39, 0.29) is 34.9 Å². The van der Waals surface area contributed by atoms with Gasteiger partial charge in [-0.25, -0.2) is 4.39 Å². The molecule has 2 aromatic rings. The molecule has 0 aliphatic carbocycles. The monoisotopic (exact) mass is 448 g/mol. The highest BCUT2D eigenvalue weighted by atomic mass is 32.1. The van der Waals surface area contributed by atoms with Crippen LogP contribution in [0.4, 0.5) is 9.52 Å². The molecular formula is C23H33FN4O2S. The van der Waals surface area contributed by atoms with Crippen molar-refractivity contribution in [2.45, 2.75) is 66.8 Å².